The quantitative estimate of drug-likeness (QED) is 0.331. The van der Waals surface area contributed by atoms with Crippen molar-refractivity contribution in [3.8, 4) is 16.9 Å². The lowest BCUT2D eigenvalue weighted by molar-refractivity contribution is 0.104. The standard InChI is InChI=1S/C26H22ClNO2S/c1-16-14-17(8-13-21(16)30-2)15-22-23(18-6-4-3-5-7-18)24(26(28)31-22)25(29)19-9-11-20(27)12-10-19/h3-14H,15,28H2,1-2H3. The van der Waals surface area contributed by atoms with Crippen molar-refractivity contribution >= 4 is 33.7 Å². The number of hydrogen-bond donors (Lipinski definition) is 1. The number of anilines is 1. The second-order valence-corrected chi connectivity index (χ2v) is 8.90. The number of ether oxygens (including phenoxy) is 1. The molecule has 0 amide bonds. The van der Waals surface area contributed by atoms with Gasteiger partial charge in [0.05, 0.1) is 17.7 Å². The highest BCUT2D eigenvalue weighted by atomic mass is 35.5. The van der Waals surface area contributed by atoms with Crippen molar-refractivity contribution in [1.29, 1.82) is 0 Å². The Morgan fingerprint density at radius 1 is 1.03 bits per heavy atom. The molecule has 156 valence electrons. The van der Waals surface area contributed by atoms with Crippen LogP contribution in [0, 0.1) is 6.92 Å². The number of carbonyl (C=O) groups excluding carboxylic acids is 1. The lowest BCUT2D eigenvalue weighted by atomic mass is 9.93. The Balaban J connectivity index is 1.83. The van der Waals surface area contributed by atoms with Crippen molar-refractivity contribution in [2.24, 2.45) is 0 Å². The summed E-state index contributed by atoms with van der Waals surface area (Å²) in [4.78, 5) is 14.5. The largest absolute Gasteiger partial charge is 0.496 e. The Labute approximate surface area is 191 Å². The molecule has 31 heavy (non-hydrogen) atoms. The van der Waals surface area contributed by atoms with Crippen molar-refractivity contribution in [3.63, 3.8) is 0 Å². The molecule has 3 nitrogen and oxygen atoms in total. The molecule has 0 spiro atoms. The molecule has 4 rings (SSSR count). The number of nitrogens with two attached hydrogens (primary N) is 1. The number of benzene rings is 3. The summed E-state index contributed by atoms with van der Waals surface area (Å²) in [5, 5.41) is 1.12. The van der Waals surface area contributed by atoms with Crippen molar-refractivity contribution in [2.45, 2.75) is 13.3 Å². The first kappa shape index (κ1) is 21.2. The minimum Gasteiger partial charge on any atom is -0.496 e. The fourth-order valence-electron chi connectivity index (χ4n) is 3.74. The average Bonchev–Trinajstić information content (AvgIpc) is 3.10. The van der Waals surface area contributed by atoms with Crippen LogP contribution in [0.2, 0.25) is 5.02 Å². The summed E-state index contributed by atoms with van der Waals surface area (Å²) in [7, 11) is 1.67. The maximum atomic E-state index is 13.4. The summed E-state index contributed by atoms with van der Waals surface area (Å²) >= 11 is 7.48. The predicted octanol–water partition coefficient (Wildman–Crippen LogP) is 6.79. The molecule has 0 radical (unpaired) electrons. The van der Waals surface area contributed by atoms with E-state index in [2.05, 4.69) is 12.1 Å². The first-order valence-corrected chi connectivity index (χ1v) is 11.1. The van der Waals surface area contributed by atoms with E-state index in [1.807, 2.05) is 43.3 Å². The number of halogens is 1. The zero-order valence-electron chi connectivity index (χ0n) is 17.3. The van der Waals surface area contributed by atoms with Crippen molar-refractivity contribution in [2.75, 3.05) is 12.8 Å². The number of thiophene rings is 1. The first-order valence-electron chi connectivity index (χ1n) is 9.88. The van der Waals surface area contributed by atoms with E-state index in [4.69, 9.17) is 22.1 Å². The summed E-state index contributed by atoms with van der Waals surface area (Å²) < 4.78 is 5.38. The fraction of sp³-hybridized carbons (Fsp3) is 0.115. The Bertz CT molecular complexity index is 1230. The van der Waals surface area contributed by atoms with Gasteiger partial charge in [-0.15, -0.1) is 11.3 Å². The second-order valence-electron chi connectivity index (χ2n) is 7.32. The van der Waals surface area contributed by atoms with Crippen LogP contribution >= 0.6 is 22.9 Å². The van der Waals surface area contributed by atoms with Gasteiger partial charge in [-0.1, -0.05) is 54.1 Å². The van der Waals surface area contributed by atoms with Crippen LogP contribution in [0.5, 0.6) is 5.75 Å². The van der Waals surface area contributed by atoms with E-state index in [0.29, 0.717) is 27.6 Å². The number of nitrogen functional groups attached to an aromatic ring is 1. The lowest BCUT2D eigenvalue weighted by Crippen LogP contribution is -2.05. The summed E-state index contributed by atoms with van der Waals surface area (Å²) in [5.41, 5.74) is 11.6. The molecule has 0 aliphatic rings. The summed E-state index contributed by atoms with van der Waals surface area (Å²) in [6.07, 6.45) is 0.678. The molecule has 2 N–H and O–H groups in total. The highest BCUT2D eigenvalue weighted by Gasteiger charge is 2.24. The molecule has 5 heteroatoms. The van der Waals surface area contributed by atoms with E-state index < -0.39 is 0 Å². The van der Waals surface area contributed by atoms with Crippen LogP contribution in [-0.4, -0.2) is 12.9 Å². The molecule has 1 heterocycles. The van der Waals surface area contributed by atoms with Crippen LogP contribution in [0.1, 0.15) is 31.9 Å². The molecule has 0 unspecified atom stereocenters. The van der Waals surface area contributed by atoms with Gasteiger partial charge in [-0.25, -0.2) is 0 Å². The van der Waals surface area contributed by atoms with Gasteiger partial charge in [0.15, 0.2) is 5.78 Å². The van der Waals surface area contributed by atoms with E-state index in [1.165, 1.54) is 11.3 Å². The molecule has 4 aromatic rings. The zero-order chi connectivity index (χ0) is 22.0. The minimum absolute atomic E-state index is 0.0959. The number of ketones is 1. The summed E-state index contributed by atoms with van der Waals surface area (Å²) in [5.74, 6) is 0.762. The second kappa shape index (κ2) is 8.96. The molecule has 0 saturated heterocycles. The van der Waals surface area contributed by atoms with Gasteiger partial charge in [0.1, 0.15) is 5.75 Å². The van der Waals surface area contributed by atoms with E-state index in [1.54, 1.807) is 31.4 Å². The molecule has 0 aliphatic heterocycles. The third-order valence-corrected chi connectivity index (χ3v) is 6.50. The Hall–Kier alpha value is -3.08. The molecule has 0 fully saturated rings. The van der Waals surface area contributed by atoms with Gasteiger partial charge in [0.25, 0.3) is 0 Å². The van der Waals surface area contributed by atoms with Crippen LogP contribution in [-0.2, 0) is 6.42 Å². The summed E-state index contributed by atoms with van der Waals surface area (Å²) in [6, 6.07) is 23.0. The molecular weight excluding hydrogens is 426 g/mol. The van der Waals surface area contributed by atoms with Gasteiger partial charge < -0.3 is 10.5 Å². The highest BCUT2D eigenvalue weighted by Crippen LogP contribution is 2.41. The normalized spacial score (nSPS) is 10.8. The topological polar surface area (TPSA) is 52.3 Å². The van der Waals surface area contributed by atoms with Crippen LogP contribution in [0.3, 0.4) is 0 Å². The predicted molar refractivity (Wildman–Crippen MR) is 130 cm³/mol. The molecule has 3 aromatic carbocycles. The van der Waals surface area contributed by atoms with Crippen LogP contribution in [0.15, 0.2) is 72.8 Å². The van der Waals surface area contributed by atoms with Gasteiger partial charge in [-0.2, -0.15) is 0 Å². The smallest absolute Gasteiger partial charge is 0.196 e. The maximum Gasteiger partial charge on any atom is 0.196 e. The first-order chi connectivity index (χ1) is 15.0. The number of aryl methyl sites for hydroxylation is 1. The molecule has 0 bridgehead atoms. The van der Waals surface area contributed by atoms with E-state index in [-0.39, 0.29) is 5.78 Å². The monoisotopic (exact) mass is 447 g/mol. The average molecular weight is 448 g/mol. The Kier molecular flexibility index (Phi) is 6.12. The van der Waals surface area contributed by atoms with Crippen LogP contribution in [0.25, 0.3) is 11.1 Å². The van der Waals surface area contributed by atoms with E-state index >= 15 is 0 Å². The van der Waals surface area contributed by atoms with Gasteiger partial charge in [0, 0.05) is 27.4 Å². The fourth-order valence-corrected chi connectivity index (χ4v) is 4.99. The molecule has 0 saturated carbocycles. The van der Waals surface area contributed by atoms with Crippen LogP contribution in [0.4, 0.5) is 5.00 Å². The van der Waals surface area contributed by atoms with Gasteiger partial charge in [-0.3, -0.25) is 4.79 Å². The van der Waals surface area contributed by atoms with Gasteiger partial charge in [0.2, 0.25) is 0 Å². The van der Waals surface area contributed by atoms with E-state index in [0.717, 1.165) is 32.9 Å². The zero-order valence-corrected chi connectivity index (χ0v) is 18.9. The molecule has 1 aromatic heterocycles. The molecule has 0 aliphatic carbocycles. The van der Waals surface area contributed by atoms with E-state index in [9.17, 15) is 4.79 Å². The van der Waals surface area contributed by atoms with Crippen molar-refractivity contribution in [1.82, 2.24) is 0 Å². The van der Waals surface area contributed by atoms with Crippen LogP contribution < -0.4 is 10.5 Å². The number of carbonyl (C=O) groups is 1. The van der Waals surface area contributed by atoms with Gasteiger partial charge in [-0.05, 0) is 53.9 Å². The SMILES string of the molecule is COc1ccc(Cc2sc(N)c(C(=O)c3ccc(Cl)cc3)c2-c2ccccc2)cc1C. The van der Waals surface area contributed by atoms with Crippen molar-refractivity contribution in [3.05, 3.63) is 105 Å². The highest BCUT2D eigenvalue weighted by molar-refractivity contribution is 7.17. The summed E-state index contributed by atoms with van der Waals surface area (Å²) in [6.45, 7) is 2.03. The van der Waals surface area contributed by atoms with Crippen molar-refractivity contribution < 1.29 is 9.53 Å². The minimum atomic E-state index is -0.0959. The number of methoxy groups -OCH3 is 1. The number of rotatable bonds is 6. The third kappa shape index (κ3) is 4.36. The molecule has 0 atom stereocenters. The Morgan fingerprint density at radius 2 is 1.74 bits per heavy atom. The lowest BCUT2D eigenvalue weighted by Gasteiger charge is -2.10. The maximum absolute atomic E-state index is 13.4. The molecular formula is C26H22ClNO2S. The number of hydrogen-bond acceptors (Lipinski definition) is 4. The Morgan fingerprint density at radius 3 is 2.39 bits per heavy atom. The van der Waals surface area contributed by atoms with Gasteiger partial charge >= 0.3 is 0 Å². The third-order valence-electron chi connectivity index (χ3n) is 5.23.